The Hall–Kier alpha value is -2.46. The zero-order valence-corrected chi connectivity index (χ0v) is 15.3. The predicted molar refractivity (Wildman–Crippen MR) is 95.1 cm³/mol. The molecule has 1 fully saturated rings. The molecule has 0 saturated heterocycles. The van der Waals surface area contributed by atoms with Gasteiger partial charge in [0.1, 0.15) is 16.3 Å². The lowest BCUT2D eigenvalue weighted by Gasteiger charge is -2.15. The van der Waals surface area contributed by atoms with Crippen LogP contribution in [0.15, 0.2) is 21.6 Å². The van der Waals surface area contributed by atoms with Crippen LogP contribution in [-0.4, -0.2) is 24.5 Å². The lowest BCUT2D eigenvalue weighted by atomic mass is 10.0. The number of sulfonamides is 1. The molecule has 0 spiro atoms. The molecule has 1 aromatic heterocycles. The minimum atomic E-state index is -4.00. The summed E-state index contributed by atoms with van der Waals surface area (Å²) in [6, 6.07) is 2.41. The van der Waals surface area contributed by atoms with Crippen molar-refractivity contribution in [1.82, 2.24) is 9.88 Å². The fourth-order valence-electron chi connectivity index (χ4n) is 3.35. The summed E-state index contributed by atoms with van der Waals surface area (Å²) in [5.41, 5.74) is 6.36. The first-order valence-corrected chi connectivity index (χ1v) is 9.72. The highest BCUT2D eigenvalue weighted by Crippen LogP contribution is 2.37. The van der Waals surface area contributed by atoms with Crippen molar-refractivity contribution in [2.75, 3.05) is 5.73 Å². The number of benzene rings is 1. The highest BCUT2D eigenvalue weighted by Gasteiger charge is 2.30. The summed E-state index contributed by atoms with van der Waals surface area (Å²) >= 11 is 0. The fourth-order valence-corrected chi connectivity index (χ4v) is 4.83. The van der Waals surface area contributed by atoms with E-state index >= 15 is 0 Å². The van der Waals surface area contributed by atoms with Crippen molar-refractivity contribution in [3.8, 4) is 11.1 Å². The smallest absolute Gasteiger partial charge is 0.294 e. The number of hydrogen-bond donors (Lipinski definition) is 2. The SMILES string of the molecule is Cc1noc(C)c1-c1cc([N+](=O)[O-])c(N)c(S(=O)(=O)NC2CCCC2)c1. The first kappa shape index (κ1) is 18.3. The molecule has 26 heavy (non-hydrogen) atoms. The van der Waals surface area contributed by atoms with E-state index in [1.807, 2.05) is 0 Å². The van der Waals surface area contributed by atoms with Crippen LogP contribution >= 0.6 is 0 Å². The van der Waals surface area contributed by atoms with Gasteiger partial charge in [-0.05, 0) is 38.3 Å². The van der Waals surface area contributed by atoms with Crippen LogP contribution in [0.1, 0.15) is 37.1 Å². The van der Waals surface area contributed by atoms with Crippen molar-refractivity contribution in [2.45, 2.75) is 50.5 Å². The molecule has 2 aromatic rings. The molecular formula is C16H20N4O5S. The molecule has 1 heterocycles. The van der Waals surface area contributed by atoms with E-state index in [4.69, 9.17) is 10.3 Å². The van der Waals surface area contributed by atoms with E-state index < -0.39 is 20.6 Å². The topological polar surface area (TPSA) is 141 Å². The quantitative estimate of drug-likeness (QED) is 0.461. The Morgan fingerprint density at radius 1 is 1.31 bits per heavy atom. The van der Waals surface area contributed by atoms with Gasteiger partial charge in [-0.2, -0.15) is 0 Å². The second-order valence-corrected chi connectivity index (χ2v) is 8.15. The summed E-state index contributed by atoms with van der Waals surface area (Å²) in [6.07, 6.45) is 3.37. The second-order valence-electron chi connectivity index (χ2n) is 6.47. The maximum absolute atomic E-state index is 12.8. The lowest BCUT2D eigenvalue weighted by molar-refractivity contribution is -0.384. The molecule has 10 heteroatoms. The highest BCUT2D eigenvalue weighted by molar-refractivity contribution is 7.89. The number of hydrogen-bond acceptors (Lipinski definition) is 7. The van der Waals surface area contributed by atoms with Crippen molar-refractivity contribution < 1.29 is 17.9 Å². The zero-order chi connectivity index (χ0) is 19.1. The lowest BCUT2D eigenvalue weighted by Crippen LogP contribution is -2.33. The van der Waals surface area contributed by atoms with Gasteiger partial charge in [0.25, 0.3) is 5.69 Å². The van der Waals surface area contributed by atoms with Crippen LogP contribution < -0.4 is 10.5 Å². The van der Waals surface area contributed by atoms with Crippen LogP contribution in [-0.2, 0) is 10.0 Å². The molecule has 1 aromatic carbocycles. The van der Waals surface area contributed by atoms with E-state index in [0.717, 1.165) is 25.7 Å². The largest absolute Gasteiger partial charge is 0.392 e. The first-order valence-electron chi connectivity index (χ1n) is 8.24. The number of nitrogens with one attached hydrogen (secondary N) is 1. The van der Waals surface area contributed by atoms with Gasteiger partial charge in [0.05, 0.1) is 10.6 Å². The van der Waals surface area contributed by atoms with Crippen molar-refractivity contribution in [1.29, 1.82) is 0 Å². The number of nitrogens with zero attached hydrogens (tertiary/aromatic N) is 2. The van der Waals surface area contributed by atoms with Gasteiger partial charge < -0.3 is 10.3 Å². The van der Waals surface area contributed by atoms with E-state index in [0.29, 0.717) is 22.6 Å². The second kappa shape index (κ2) is 6.69. The highest BCUT2D eigenvalue weighted by atomic mass is 32.2. The molecule has 0 aliphatic heterocycles. The van der Waals surface area contributed by atoms with Gasteiger partial charge in [-0.15, -0.1) is 0 Å². The number of rotatable bonds is 5. The first-order chi connectivity index (χ1) is 12.2. The molecule has 0 bridgehead atoms. The van der Waals surface area contributed by atoms with Crippen molar-refractivity contribution in [3.05, 3.63) is 33.7 Å². The van der Waals surface area contributed by atoms with Crippen LogP contribution in [0.4, 0.5) is 11.4 Å². The average Bonchev–Trinajstić information content (AvgIpc) is 3.17. The fraction of sp³-hybridized carbons (Fsp3) is 0.438. The molecule has 0 amide bonds. The third-order valence-corrected chi connectivity index (χ3v) is 6.17. The Morgan fingerprint density at radius 2 is 1.96 bits per heavy atom. The summed E-state index contributed by atoms with van der Waals surface area (Å²) < 4.78 is 33.4. The molecule has 0 atom stereocenters. The Kier molecular flexibility index (Phi) is 4.72. The minimum absolute atomic E-state index is 0.179. The number of nitro benzene ring substituents is 1. The Morgan fingerprint density at radius 3 is 2.50 bits per heavy atom. The predicted octanol–water partition coefficient (Wildman–Crippen LogP) is 2.67. The molecule has 9 nitrogen and oxygen atoms in total. The summed E-state index contributed by atoms with van der Waals surface area (Å²) in [4.78, 5) is 10.4. The molecule has 3 rings (SSSR count). The van der Waals surface area contributed by atoms with E-state index in [-0.39, 0.29) is 16.6 Å². The maximum atomic E-state index is 12.8. The van der Waals surface area contributed by atoms with Gasteiger partial charge in [0, 0.05) is 17.7 Å². The molecule has 140 valence electrons. The number of aromatic nitrogens is 1. The molecule has 0 unspecified atom stereocenters. The molecule has 1 aliphatic carbocycles. The maximum Gasteiger partial charge on any atom is 0.294 e. The standard InChI is InChI=1S/C16H20N4O5S/c1-9-15(10(2)25-18-9)11-7-13(20(21)22)16(17)14(8-11)26(23,24)19-12-5-3-4-6-12/h7-8,12,19H,3-6,17H2,1-2H3. The number of nitrogen functional groups attached to an aromatic ring is 1. The van der Waals surface area contributed by atoms with Crippen LogP contribution in [0.5, 0.6) is 0 Å². The summed E-state index contributed by atoms with van der Waals surface area (Å²) in [6.45, 7) is 3.33. The molecule has 1 saturated carbocycles. The van der Waals surface area contributed by atoms with Gasteiger partial charge in [-0.1, -0.05) is 18.0 Å². The van der Waals surface area contributed by atoms with Crippen LogP contribution in [0.2, 0.25) is 0 Å². The summed E-state index contributed by atoms with van der Waals surface area (Å²) in [7, 11) is -4.00. The van der Waals surface area contributed by atoms with E-state index in [1.165, 1.54) is 12.1 Å². The normalized spacial score (nSPS) is 15.5. The van der Waals surface area contributed by atoms with Crippen molar-refractivity contribution >= 4 is 21.4 Å². The van der Waals surface area contributed by atoms with Crippen molar-refractivity contribution in [2.24, 2.45) is 0 Å². The number of aryl methyl sites for hydroxylation is 2. The Labute approximate surface area is 150 Å². The van der Waals surface area contributed by atoms with E-state index in [2.05, 4.69) is 9.88 Å². The Balaban J connectivity index is 2.16. The minimum Gasteiger partial charge on any atom is -0.392 e. The third kappa shape index (κ3) is 3.29. The summed E-state index contributed by atoms with van der Waals surface area (Å²) in [5, 5.41) is 15.2. The van der Waals surface area contributed by atoms with Crippen LogP contribution in [0, 0.1) is 24.0 Å². The summed E-state index contributed by atoms with van der Waals surface area (Å²) in [5.74, 6) is 0.439. The van der Waals surface area contributed by atoms with Gasteiger partial charge in [-0.3, -0.25) is 10.1 Å². The van der Waals surface area contributed by atoms with Gasteiger partial charge in [0.2, 0.25) is 10.0 Å². The molecule has 0 radical (unpaired) electrons. The van der Waals surface area contributed by atoms with Crippen LogP contribution in [0.25, 0.3) is 11.1 Å². The molecule has 1 aliphatic rings. The van der Waals surface area contributed by atoms with Crippen molar-refractivity contribution in [3.63, 3.8) is 0 Å². The van der Waals surface area contributed by atoms with E-state index in [1.54, 1.807) is 13.8 Å². The van der Waals surface area contributed by atoms with Crippen LogP contribution in [0.3, 0.4) is 0 Å². The Bertz CT molecular complexity index is 942. The third-order valence-electron chi connectivity index (χ3n) is 4.61. The average molecular weight is 380 g/mol. The van der Waals surface area contributed by atoms with Gasteiger partial charge in [0.15, 0.2) is 0 Å². The van der Waals surface area contributed by atoms with Gasteiger partial charge >= 0.3 is 0 Å². The van der Waals surface area contributed by atoms with E-state index in [9.17, 15) is 18.5 Å². The number of nitrogens with two attached hydrogens (primary N) is 1. The molecule has 3 N–H and O–H groups in total. The molecular weight excluding hydrogens is 360 g/mol. The number of anilines is 1. The van der Waals surface area contributed by atoms with Gasteiger partial charge in [-0.25, -0.2) is 13.1 Å². The zero-order valence-electron chi connectivity index (χ0n) is 14.5. The monoisotopic (exact) mass is 380 g/mol. The number of nitro groups is 1.